The fourth-order valence-corrected chi connectivity index (χ4v) is 3.28. The lowest BCUT2D eigenvalue weighted by molar-refractivity contribution is 0.443. The van der Waals surface area contributed by atoms with Crippen LogP contribution < -0.4 is 0 Å². The van der Waals surface area contributed by atoms with Crippen LogP contribution in [0.25, 0.3) is 11.3 Å². The van der Waals surface area contributed by atoms with Crippen LogP contribution in [0, 0.1) is 11.3 Å². The van der Waals surface area contributed by atoms with Crippen molar-refractivity contribution in [3.05, 3.63) is 47.7 Å². The molecule has 1 fully saturated rings. The molecule has 1 aromatic carbocycles. The van der Waals surface area contributed by atoms with Crippen LogP contribution >= 0.6 is 0 Å². The summed E-state index contributed by atoms with van der Waals surface area (Å²) in [4.78, 5) is 0. The standard InChI is InChI=1S/C18H20N2/c1-20-17(13-19)11-12-18(20)16-9-7-15(8-10-16)14-5-3-2-4-6-14/h7-12,14H,2-6H2,1H3. The molecular weight excluding hydrogens is 244 g/mol. The Morgan fingerprint density at radius 2 is 1.70 bits per heavy atom. The van der Waals surface area contributed by atoms with Gasteiger partial charge in [-0.25, -0.2) is 0 Å². The third-order valence-electron chi connectivity index (χ3n) is 4.52. The molecule has 2 heteroatoms. The second-order valence-corrected chi connectivity index (χ2v) is 5.73. The normalized spacial score (nSPS) is 16.0. The van der Waals surface area contributed by atoms with Crippen LogP contribution in [0.3, 0.4) is 0 Å². The molecule has 0 N–H and O–H groups in total. The zero-order valence-electron chi connectivity index (χ0n) is 12.0. The van der Waals surface area contributed by atoms with Gasteiger partial charge < -0.3 is 4.57 Å². The van der Waals surface area contributed by atoms with Crippen LogP contribution in [-0.2, 0) is 7.05 Å². The Labute approximate surface area is 120 Å². The number of rotatable bonds is 2. The predicted molar refractivity (Wildman–Crippen MR) is 81.4 cm³/mol. The molecule has 1 heterocycles. The first-order valence-corrected chi connectivity index (χ1v) is 7.46. The van der Waals surface area contributed by atoms with Crippen LogP contribution in [0.15, 0.2) is 36.4 Å². The average molecular weight is 264 g/mol. The number of aromatic nitrogens is 1. The van der Waals surface area contributed by atoms with Gasteiger partial charge in [-0.3, -0.25) is 0 Å². The zero-order chi connectivity index (χ0) is 13.9. The highest BCUT2D eigenvalue weighted by Crippen LogP contribution is 2.33. The van der Waals surface area contributed by atoms with E-state index in [1.54, 1.807) is 0 Å². The highest BCUT2D eigenvalue weighted by molar-refractivity contribution is 5.62. The molecule has 0 unspecified atom stereocenters. The van der Waals surface area contributed by atoms with Crippen molar-refractivity contribution < 1.29 is 0 Å². The quantitative estimate of drug-likeness (QED) is 0.778. The summed E-state index contributed by atoms with van der Waals surface area (Å²) in [5.74, 6) is 0.751. The van der Waals surface area contributed by atoms with E-state index in [1.807, 2.05) is 23.7 Å². The van der Waals surface area contributed by atoms with E-state index < -0.39 is 0 Å². The lowest BCUT2D eigenvalue weighted by atomic mass is 9.84. The monoisotopic (exact) mass is 264 g/mol. The maximum Gasteiger partial charge on any atom is 0.120 e. The van der Waals surface area contributed by atoms with Crippen molar-refractivity contribution in [2.75, 3.05) is 0 Å². The molecule has 20 heavy (non-hydrogen) atoms. The fourth-order valence-electron chi connectivity index (χ4n) is 3.28. The summed E-state index contributed by atoms with van der Waals surface area (Å²) in [6.07, 6.45) is 6.81. The fraction of sp³-hybridized carbons (Fsp3) is 0.389. The molecule has 1 aliphatic carbocycles. The van der Waals surface area contributed by atoms with E-state index in [0.717, 1.165) is 11.6 Å². The topological polar surface area (TPSA) is 28.7 Å². The molecule has 0 saturated heterocycles. The first kappa shape index (κ1) is 13.0. The van der Waals surface area contributed by atoms with Gasteiger partial charge in [0.2, 0.25) is 0 Å². The van der Waals surface area contributed by atoms with Gasteiger partial charge in [0.1, 0.15) is 11.8 Å². The lowest BCUT2D eigenvalue weighted by Gasteiger charge is -2.22. The summed E-state index contributed by atoms with van der Waals surface area (Å²) in [5, 5.41) is 9.02. The third kappa shape index (κ3) is 2.36. The number of nitrogens with zero attached hydrogens (tertiary/aromatic N) is 2. The van der Waals surface area contributed by atoms with E-state index in [0.29, 0.717) is 5.69 Å². The highest BCUT2D eigenvalue weighted by Gasteiger charge is 2.15. The molecule has 2 aromatic rings. The molecule has 0 radical (unpaired) electrons. The summed E-state index contributed by atoms with van der Waals surface area (Å²) < 4.78 is 1.95. The van der Waals surface area contributed by atoms with Crippen molar-refractivity contribution in [2.45, 2.75) is 38.0 Å². The van der Waals surface area contributed by atoms with E-state index >= 15 is 0 Å². The van der Waals surface area contributed by atoms with Gasteiger partial charge in [0.05, 0.1) is 0 Å². The van der Waals surface area contributed by atoms with Crippen LogP contribution in [-0.4, -0.2) is 4.57 Å². The maximum atomic E-state index is 9.02. The number of nitriles is 1. The minimum absolute atomic E-state index is 0.705. The Hall–Kier alpha value is -2.01. The molecule has 3 rings (SSSR count). The maximum absolute atomic E-state index is 9.02. The molecule has 0 spiro atoms. The minimum Gasteiger partial charge on any atom is -0.335 e. The highest BCUT2D eigenvalue weighted by atomic mass is 15.0. The van der Waals surface area contributed by atoms with Crippen LogP contribution in [0.1, 0.15) is 49.3 Å². The van der Waals surface area contributed by atoms with E-state index in [1.165, 1.54) is 43.2 Å². The van der Waals surface area contributed by atoms with Crippen molar-refractivity contribution in [1.82, 2.24) is 4.57 Å². The summed E-state index contributed by atoms with van der Waals surface area (Å²) in [7, 11) is 1.95. The van der Waals surface area contributed by atoms with Crippen molar-refractivity contribution in [1.29, 1.82) is 5.26 Å². The Balaban J connectivity index is 1.85. The Kier molecular flexibility index (Phi) is 3.60. The molecule has 2 nitrogen and oxygen atoms in total. The first-order chi connectivity index (χ1) is 9.79. The summed E-state index contributed by atoms with van der Waals surface area (Å²) in [6, 6.07) is 15.0. The Morgan fingerprint density at radius 3 is 2.30 bits per heavy atom. The van der Waals surface area contributed by atoms with Gasteiger partial charge >= 0.3 is 0 Å². The molecule has 0 bridgehead atoms. The van der Waals surface area contributed by atoms with E-state index in [9.17, 15) is 0 Å². The average Bonchev–Trinajstić information content (AvgIpc) is 2.89. The smallest absolute Gasteiger partial charge is 0.120 e. The van der Waals surface area contributed by atoms with Gasteiger partial charge in [-0.15, -0.1) is 0 Å². The minimum atomic E-state index is 0.705. The van der Waals surface area contributed by atoms with Crippen LogP contribution in [0.4, 0.5) is 0 Å². The third-order valence-corrected chi connectivity index (χ3v) is 4.52. The number of hydrogen-bond acceptors (Lipinski definition) is 1. The van der Waals surface area contributed by atoms with E-state index in [4.69, 9.17) is 5.26 Å². The predicted octanol–water partition coefficient (Wildman–Crippen LogP) is 4.61. The van der Waals surface area contributed by atoms with Gasteiger partial charge in [0, 0.05) is 12.7 Å². The van der Waals surface area contributed by atoms with Gasteiger partial charge in [-0.1, -0.05) is 43.5 Å². The largest absolute Gasteiger partial charge is 0.335 e. The van der Waals surface area contributed by atoms with Gasteiger partial charge in [-0.2, -0.15) is 5.26 Å². The molecule has 0 amide bonds. The van der Waals surface area contributed by atoms with Crippen molar-refractivity contribution in [2.24, 2.45) is 7.05 Å². The van der Waals surface area contributed by atoms with Gasteiger partial charge in [0.25, 0.3) is 0 Å². The Bertz CT molecular complexity index is 622. The second kappa shape index (κ2) is 5.54. The SMILES string of the molecule is Cn1c(C#N)ccc1-c1ccc(C2CCCCC2)cc1. The summed E-state index contributed by atoms with van der Waals surface area (Å²) in [5.41, 5.74) is 4.48. The molecule has 1 aromatic heterocycles. The van der Waals surface area contributed by atoms with E-state index in [-0.39, 0.29) is 0 Å². The summed E-state index contributed by atoms with van der Waals surface area (Å²) in [6.45, 7) is 0. The number of hydrogen-bond donors (Lipinski definition) is 0. The molecule has 0 atom stereocenters. The van der Waals surface area contributed by atoms with Crippen LogP contribution in [0.2, 0.25) is 0 Å². The molecule has 1 aliphatic rings. The van der Waals surface area contributed by atoms with Gasteiger partial charge in [0.15, 0.2) is 0 Å². The Morgan fingerprint density at radius 1 is 1.00 bits per heavy atom. The molecule has 1 saturated carbocycles. The van der Waals surface area contributed by atoms with E-state index in [2.05, 4.69) is 30.3 Å². The summed E-state index contributed by atoms with van der Waals surface area (Å²) >= 11 is 0. The molecular formula is C18H20N2. The molecule has 0 aliphatic heterocycles. The van der Waals surface area contributed by atoms with Gasteiger partial charge in [-0.05, 0) is 42.0 Å². The van der Waals surface area contributed by atoms with Crippen molar-refractivity contribution in [3.63, 3.8) is 0 Å². The van der Waals surface area contributed by atoms with Crippen LogP contribution in [0.5, 0.6) is 0 Å². The van der Waals surface area contributed by atoms with Crippen molar-refractivity contribution in [3.8, 4) is 17.3 Å². The molecule has 102 valence electrons. The lowest BCUT2D eigenvalue weighted by Crippen LogP contribution is -2.04. The first-order valence-electron chi connectivity index (χ1n) is 7.46. The van der Waals surface area contributed by atoms with Crippen molar-refractivity contribution >= 4 is 0 Å². The number of benzene rings is 1. The second-order valence-electron chi connectivity index (χ2n) is 5.73. The zero-order valence-corrected chi connectivity index (χ0v) is 12.0.